The van der Waals surface area contributed by atoms with Crippen LogP contribution in [-0.2, 0) is 33.3 Å². The molecule has 4 heterocycles. The van der Waals surface area contributed by atoms with Gasteiger partial charge < -0.3 is 40.0 Å². The number of nitrogens with two attached hydrogens (primary N) is 1. The molecule has 6 fully saturated rings. The molecule has 170 valence electrons. The summed E-state index contributed by atoms with van der Waals surface area (Å²) < 4.78 is 22.5. The fourth-order valence-corrected chi connectivity index (χ4v) is 8.41. The fourth-order valence-electron chi connectivity index (χ4n) is 8.41. The van der Waals surface area contributed by atoms with Crippen molar-refractivity contribution in [3.63, 3.8) is 0 Å². The highest BCUT2D eigenvalue weighted by molar-refractivity contribution is 5.94. The molecule has 0 aromatic heterocycles. The molecule has 0 amide bonds. The maximum atomic E-state index is 13.4. The van der Waals surface area contributed by atoms with Crippen molar-refractivity contribution >= 4 is 17.9 Å². The minimum Gasteiger partial charge on any atom is -0.458 e. The maximum Gasteiger partial charge on any atom is 0.343 e. The number of rotatable bonds is 0. The normalized spacial score (nSPS) is 61.0. The van der Waals surface area contributed by atoms with Crippen molar-refractivity contribution in [2.45, 2.75) is 75.6 Å². The van der Waals surface area contributed by atoms with E-state index in [1.54, 1.807) is 0 Å². The first-order chi connectivity index (χ1) is 14.3. The lowest BCUT2D eigenvalue weighted by molar-refractivity contribution is -0.239. The second-order valence-corrected chi connectivity index (χ2v) is 10.9. The number of carbonyl (C=O) groups is 3. The van der Waals surface area contributed by atoms with Crippen molar-refractivity contribution in [1.29, 1.82) is 0 Å². The Labute approximate surface area is 176 Å². The highest BCUT2D eigenvalue weighted by Gasteiger charge is 3.04. The Kier molecular flexibility index (Phi) is 3.15. The fraction of sp³-hybridized carbons (Fsp3) is 0.850. The highest BCUT2D eigenvalue weighted by atomic mass is 16.8. The Morgan fingerprint density at radius 3 is 2.26 bits per heavy atom. The second-order valence-electron chi connectivity index (χ2n) is 10.9. The lowest BCUT2D eigenvalue weighted by Gasteiger charge is -2.47. The Morgan fingerprint density at radius 2 is 1.65 bits per heavy atom. The minimum absolute atomic E-state index is 0.667. The summed E-state index contributed by atoms with van der Waals surface area (Å²) in [5.41, 5.74) is -2.28. The summed E-state index contributed by atoms with van der Waals surface area (Å²) >= 11 is 0. The van der Waals surface area contributed by atoms with E-state index in [0.717, 1.165) is 0 Å². The maximum absolute atomic E-state index is 13.4. The molecule has 4 saturated heterocycles. The largest absolute Gasteiger partial charge is 0.458 e. The van der Waals surface area contributed by atoms with Crippen LogP contribution in [0.5, 0.6) is 0 Å². The summed E-state index contributed by atoms with van der Waals surface area (Å²) in [6.07, 6.45) is -7.75. The quantitative estimate of drug-likeness (QED) is 0.233. The third-order valence-corrected chi connectivity index (χ3v) is 9.03. The summed E-state index contributed by atoms with van der Waals surface area (Å²) in [5.74, 6) is -4.79. The molecule has 0 radical (unpaired) electrons. The van der Waals surface area contributed by atoms with Crippen molar-refractivity contribution in [3.05, 3.63) is 0 Å². The molecule has 0 aromatic rings. The van der Waals surface area contributed by atoms with Gasteiger partial charge in [-0.15, -0.1) is 0 Å². The number of carbonyl (C=O) groups excluding carboxylic acids is 3. The van der Waals surface area contributed by atoms with Crippen molar-refractivity contribution in [1.82, 2.24) is 0 Å². The first-order valence-electron chi connectivity index (χ1n) is 10.4. The van der Waals surface area contributed by atoms with Crippen LogP contribution in [0.15, 0.2) is 0 Å². The van der Waals surface area contributed by atoms with Crippen molar-refractivity contribution in [2.24, 2.45) is 33.8 Å². The molecule has 2 spiro atoms. The molecule has 6 rings (SSSR count). The summed E-state index contributed by atoms with van der Waals surface area (Å²) in [6.45, 7) is 6.90. The molecule has 11 nitrogen and oxygen atoms in total. The van der Waals surface area contributed by atoms with Gasteiger partial charge in [0, 0.05) is 6.04 Å². The zero-order chi connectivity index (χ0) is 22.7. The van der Waals surface area contributed by atoms with Crippen LogP contribution in [0.25, 0.3) is 0 Å². The number of fused-ring (bicyclic) bond motifs is 1. The van der Waals surface area contributed by atoms with E-state index in [9.17, 15) is 29.7 Å². The summed E-state index contributed by atoms with van der Waals surface area (Å²) in [4.78, 5) is 38.4. The van der Waals surface area contributed by atoms with Gasteiger partial charge in [-0.1, -0.05) is 20.8 Å². The van der Waals surface area contributed by atoms with Crippen molar-refractivity contribution < 1.29 is 48.7 Å². The summed E-state index contributed by atoms with van der Waals surface area (Å²) in [5, 5.41) is 34.8. The monoisotopic (exact) mass is 439 g/mol. The molecule has 11 heteroatoms. The molecule has 2 saturated carbocycles. The number of hydrogen-bond acceptors (Lipinski definition) is 11. The first kappa shape index (κ1) is 19.9. The van der Waals surface area contributed by atoms with Crippen LogP contribution >= 0.6 is 0 Å². The standard InChI is InChI=1S/C20H25NO10/c1-5-12(24)28-11-8(22)18-10-6(21)7(16(2,3)4)17(18)9(23)13(25)30-15(17)31-20(18,14(26)29-10)19(5,11)27/h5-11,15,22-23,27H,21H2,1-4H3/t5?,6-,7?,8?,9-,10?,11-,15?,17?,18?,19+,20-/m0/s1. The third kappa shape index (κ3) is 1.43. The Bertz CT molecular complexity index is 962. The van der Waals surface area contributed by atoms with Crippen LogP contribution in [-0.4, -0.2) is 81.2 Å². The van der Waals surface area contributed by atoms with E-state index in [-0.39, 0.29) is 0 Å². The molecule has 2 aliphatic carbocycles. The van der Waals surface area contributed by atoms with Crippen molar-refractivity contribution in [2.75, 3.05) is 0 Å². The van der Waals surface area contributed by atoms with Gasteiger partial charge in [0.1, 0.15) is 12.2 Å². The average Bonchev–Trinajstić information content (AvgIpc) is 3.35. The zero-order valence-corrected chi connectivity index (χ0v) is 17.4. The number of aliphatic hydroxyl groups is 3. The van der Waals surface area contributed by atoms with Crippen LogP contribution in [0.2, 0.25) is 0 Å². The van der Waals surface area contributed by atoms with Gasteiger partial charge in [0.25, 0.3) is 0 Å². The SMILES string of the molecule is CC1C(=O)O[C@H]2C(O)C34C5OC(=O)[C@@]3(OC3OC(=O)[C@H](O)C34C(C(C)(C)C)[C@@H]5N)[C@@]12O. The van der Waals surface area contributed by atoms with Gasteiger partial charge >= 0.3 is 17.9 Å². The molecule has 5 N–H and O–H groups in total. The minimum atomic E-state index is -2.32. The zero-order valence-electron chi connectivity index (χ0n) is 17.4. The van der Waals surface area contributed by atoms with Gasteiger partial charge in [-0.3, -0.25) is 4.79 Å². The van der Waals surface area contributed by atoms with E-state index in [4.69, 9.17) is 24.7 Å². The van der Waals surface area contributed by atoms with Gasteiger partial charge in [0.2, 0.25) is 11.9 Å². The lowest BCUT2D eigenvalue weighted by atomic mass is 9.51. The van der Waals surface area contributed by atoms with Crippen LogP contribution in [0.1, 0.15) is 27.7 Å². The second kappa shape index (κ2) is 4.91. The Balaban J connectivity index is 1.75. The van der Waals surface area contributed by atoms with Gasteiger partial charge in [-0.2, -0.15) is 0 Å². The van der Waals surface area contributed by atoms with Gasteiger partial charge in [0.05, 0.1) is 16.7 Å². The number of aliphatic hydroxyl groups excluding tert-OH is 2. The van der Waals surface area contributed by atoms with E-state index in [2.05, 4.69) is 0 Å². The summed E-state index contributed by atoms with van der Waals surface area (Å²) in [7, 11) is 0. The Hall–Kier alpha value is -1.79. The highest BCUT2D eigenvalue weighted by Crippen LogP contribution is 2.84. The van der Waals surface area contributed by atoms with Crippen LogP contribution in [0, 0.1) is 28.1 Å². The van der Waals surface area contributed by atoms with E-state index >= 15 is 0 Å². The molecular formula is C20H25NO10. The molecule has 31 heavy (non-hydrogen) atoms. The van der Waals surface area contributed by atoms with Crippen LogP contribution in [0.3, 0.4) is 0 Å². The predicted octanol–water partition coefficient (Wildman–Crippen LogP) is -2.43. The number of hydrogen-bond donors (Lipinski definition) is 4. The summed E-state index contributed by atoms with van der Waals surface area (Å²) in [6, 6.07) is -0.926. The van der Waals surface area contributed by atoms with E-state index in [1.165, 1.54) is 6.92 Å². The van der Waals surface area contributed by atoms with E-state index in [0.29, 0.717) is 0 Å². The van der Waals surface area contributed by atoms with Crippen molar-refractivity contribution in [3.8, 4) is 0 Å². The molecule has 6 aliphatic rings. The van der Waals surface area contributed by atoms with Gasteiger partial charge in [0.15, 0.2) is 17.8 Å². The number of esters is 3. The molecule has 0 aromatic carbocycles. The smallest absolute Gasteiger partial charge is 0.343 e. The number of ether oxygens (including phenoxy) is 4. The van der Waals surface area contributed by atoms with Crippen LogP contribution in [0.4, 0.5) is 0 Å². The molecule has 12 atom stereocenters. The molecular weight excluding hydrogens is 414 g/mol. The predicted molar refractivity (Wildman–Crippen MR) is 95.4 cm³/mol. The molecule has 0 bridgehead atoms. The van der Waals surface area contributed by atoms with E-state index in [1.807, 2.05) is 20.8 Å². The lowest BCUT2D eigenvalue weighted by Crippen LogP contribution is -2.67. The third-order valence-electron chi connectivity index (χ3n) is 9.03. The van der Waals surface area contributed by atoms with Crippen LogP contribution < -0.4 is 5.73 Å². The van der Waals surface area contributed by atoms with E-state index < -0.39 is 93.9 Å². The molecule has 7 unspecified atom stereocenters. The first-order valence-corrected chi connectivity index (χ1v) is 10.4. The van der Waals surface area contributed by atoms with Gasteiger partial charge in [-0.25, -0.2) is 9.59 Å². The topological polar surface area (TPSA) is 175 Å². The Morgan fingerprint density at radius 1 is 1.00 bits per heavy atom. The molecule has 4 aliphatic heterocycles. The van der Waals surface area contributed by atoms with Gasteiger partial charge in [-0.05, 0) is 18.3 Å². The average molecular weight is 439 g/mol.